The first kappa shape index (κ1) is 9.64. The van der Waals surface area contributed by atoms with Crippen LogP contribution in [0.5, 0.6) is 0 Å². The van der Waals surface area contributed by atoms with Crippen LogP contribution < -0.4 is 11.1 Å². The summed E-state index contributed by atoms with van der Waals surface area (Å²) in [6.07, 6.45) is 6.66. The van der Waals surface area contributed by atoms with Gasteiger partial charge < -0.3 is 11.1 Å². The molecule has 3 fully saturated rings. The van der Waals surface area contributed by atoms with E-state index in [1.54, 1.807) is 0 Å². The highest BCUT2D eigenvalue weighted by Gasteiger charge is 2.52. The van der Waals surface area contributed by atoms with Crippen LogP contribution in [0.2, 0.25) is 0 Å². The largest absolute Gasteiger partial charge is 0.369 e. The van der Waals surface area contributed by atoms with Gasteiger partial charge in [0.15, 0.2) is 0 Å². The van der Waals surface area contributed by atoms with Gasteiger partial charge in [-0.15, -0.1) is 0 Å². The van der Waals surface area contributed by atoms with Gasteiger partial charge in [-0.25, -0.2) is 0 Å². The molecular formula is C12H20N2O. The molecule has 3 heteroatoms. The lowest BCUT2D eigenvalue weighted by Gasteiger charge is -2.40. The SMILES string of the molecule is NC(=O)C1CNCC12CC1CCC(C1)C2. The van der Waals surface area contributed by atoms with Crippen molar-refractivity contribution in [2.24, 2.45) is 28.9 Å². The van der Waals surface area contributed by atoms with Crippen molar-refractivity contribution in [2.75, 3.05) is 13.1 Å². The fourth-order valence-corrected chi connectivity index (χ4v) is 4.42. The molecule has 1 aliphatic heterocycles. The summed E-state index contributed by atoms with van der Waals surface area (Å²) in [6.45, 7) is 1.84. The van der Waals surface area contributed by atoms with Crippen molar-refractivity contribution >= 4 is 5.91 Å². The highest BCUT2D eigenvalue weighted by molar-refractivity contribution is 5.78. The van der Waals surface area contributed by atoms with Crippen LogP contribution in [-0.4, -0.2) is 19.0 Å². The summed E-state index contributed by atoms with van der Waals surface area (Å²) in [7, 11) is 0. The van der Waals surface area contributed by atoms with Crippen LogP contribution in [-0.2, 0) is 4.79 Å². The molecular weight excluding hydrogens is 188 g/mol. The number of rotatable bonds is 1. The number of hydrogen-bond acceptors (Lipinski definition) is 2. The van der Waals surface area contributed by atoms with Gasteiger partial charge in [-0.2, -0.15) is 0 Å². The lowest BCUT2D eigenvalue weighted by molar-refractivity contribution is -0.125. The summed E-state index contributed by atoms with van der Waals surface area (Å²) >= 11 is 0. The Labute approximate surface area is 90.8 Å². The average Bonchev–Trinajstić information content (AvgIpc) is 2.71. The molecule has 2 saturated carbocycles. The van der Waals surface area contributed by atoms with Gasteiger partial charge in [0.05, 0.1) is 5.92 Å². The minimum Gasteiger partial charge on any atom is -0.369 e. The minimum absolute atomic E-state index is 0.0821. The third kappa shape index (κ3) is 1.40. The Hall–Kier alpha value is -0.570. The summed E-state index contributed by atoms with van der Waals surface area (Å²) in [5.41, 5.74) is 5.77. The van der Waals surface area contributed by atoms with Crippen LogP contribution in [0.3, 0.4) is 0 Å². The van der Waals surface area contributed by atoms with Crippen molar-refractivity contribution in [1.29, 1.82) is 0 Å². The molecule has 1 saturated heterocycles. The minimum atomic E-state index is -0.0821. The number of nitrogens with one attached hydrogen (secondary N) is 1. The molecule has 0 aromatic carbocycles. The quantitative estimate of drug-likeness (QED) is 0.672. The zero-order valence-electron chi connectivity index (χ0n) is 9.17. The Kier molecular flexibility index (Phi) is 2.06. The van der Waals surface area contributed by atoms with Gasteiger partial charge in [0.2, 0.25) is 5.91 Å². The number of fused-ring (bicyclic) bond motifs is 2. The highest BCUT2D eigenvalue weighted by atomic mass is 16.1. The Balaban J connectivity index is 1.86. The molecule has 84 valence electrons. The predicted octanol–water partition coefficient (Wildman–Crippen LogP) is 0.888. The van der Waals surface area contributed by atoms with Crippen molar-refractivity contribution in [1.82, 2.24) is 5.32 Å². The summed E-state index contributed by atoms with van der Waals surface area (Å²) in [6, 6.07) is 0. The molecule has 2 bridgehead atoms. The van der Waals surface area contributed by atoms with E-state index < -0.39 is 0 Å². The van der Waals surface area contributed by atoms with Crippen molar-refractivity contribution in [3.63, 3.8) is 0 Å². The second kappa shape index (κ2) is 3.21. The predicted molar refractivity (Wildman–Crippen MR) is 58.1 cm³/mol. The van der Waals surface area contributed by atoms with E-state index in [4.69, 9.17) is 5.73 Å². The van der Waals surface area contributed by atoms with E-state index in [1.807, 2.05) is 0 Å². The topological polar surface area (TPSA) is 55.1 Å². The van der Waals surface area contributed by atoms with Crippen molar-refractivity contribution < 1.29 is 4.79 Å². The Morgan fingerprint density at radius 3 is 2.53 bits per heavy atom. The molecule has 1 heterocycles. The number of amides is 1. The first-order valence-corrected chi connectivity index (χ1v) is 6.20. The molecule has 3 aliphatic rings. The van der Waals surface area contributed by atoms with Gasteiger partial charge in [0.1, 0.15) is 0 Å². The second-order valence-corrected chi connectivity index (χ2v) is 5.90. The van der Waals surface area contributed by atoms with E-state index in [2.05, 4.69) is 5.32 Å². The maximum atomic E-state index is 11.5. The van der Waals surface area contributed by atoms with Gasteiger partial charge in [-0.1, -0.05) is 12.8 Å². The summed E-state index contributed by atoms with van der Waals surface area (Å²) in [5, 5.41) is 3.38. The molecule has 3 atom stereocenters. The Morgan fingerprint density at radius 1 is 1.27 bits per heavy atom. The van der Waals surface area contributed by atoms with Crippen molar-refractivity contribution in [3.8, 4) is 0 Å². The van der Waals surface area contributed by atoms with Gasteiger partial charge in [0.25, 0.3) is 0 Å². The Bertz CT molecular complexity index is 277. The normalized spacial score (nSPS) is 48.7. The molecule has 2 aliphatic carbocycles. The molecule has 3 rings (SSSR count). The monoisotopic (exact) mass is 208 g/mol. The van der Waals surface area contributed by atoms with Gasteiger partial charge in [-0.3, -0.25) is 4.79 Å². The van der Waals surface area contributed by atoms with Crippen LogP contribution in [0.15, 0.2) is 0 Å². The van der Waals surface area contributed by atoms with E-state index >= 15 is 0 Å². The number of carbonyl (C=O) groups excluding carboxylic acids is 1. The third-order valence-electron chi connectivity index (χ3n) is 4.95. The van der Waals surface area contributed by atoms with Crippen molar-refractivity contribution in [3.05, 3.63) is 0 Å². The van der Waals surface area contributed by atoms with E-state index in [9.17, 15) is 4.79 Å². The summed E-state index contributed by atoms with van der Waals surface area (Å²) < 4.78 is 0. The zero-order chi connectivity index (χ0) is 10.5. The first-order chi connectivity index (χ1) is 7.20. The van der Waals surface area contributed by atoms with E-state index in [1.165, 1.54) is 32.1 Å². The lowest BCUT2D eigenvalue weighted by Crippen LogP contribution is -2.42. The maximum Gasteiger partial charge on any atom is 0.222 e. The van der Waals surface area contributed by atoms with Crippen LogP contribution >= 0.6 is 0 Å². The molecule has 0 radical (unpaired) electrons. The van der Waals surface area contributed by atoms with Gasteiger partial charge in [0, 0.05) is 13.1 Å². The third-order valence-corrected chi connectivity index (χ3v) is 4.95. The number of carbonyl (C=O) groups is 1. The summed E-state index contributed by atoms with van der Waals surface area (Å²) in [4.78, 5) is 11.5. The van der Waals surface area contributed by atoms with E-state index in [0.29, 0.717) is 0 Å². The van der Waals surface area contributed by atoms with Crippen molar-refractivity contribution in [2.45, 2.75) is 32.1 Å². The maximum absolute atomic E-state index is 11.5. The van der Waals surface area contributed by atoms with Crippen LogP contribution in [0, 0.1) is 23.2 Å². The van der Waals surface area contributed by atoms with Gasteiger partial charge >= 0.3 is 0 Å². The van der Waals surface area contributed by atoms with Crippen LogP contribution in [0.1, 0.15) is 32.1 Å². The molecule has 15 heavy (non-hydrogen) atoms. The molecule has 1 amide bonds. The average molecular weight is 208 g/mol. The summed E-state index contributed by atoms with van der Waals surface area (Å²) in [5.74, 6) is 1.78. The standard InChI is InChI=1S/C12H20N2O/c13-11(15)10-6-14-7-12(10)4-8-1-2-9(3-8)5-12/h8-10,14H,1-7H2,(H2,13,15). The molecule has 0 aromatic heterocycles. The van der Waals surface area contributed by atoms with E-state index in [0.717, 1.165) is 24.9 Å². The number of hydrogen-bond donors (Lipinski definition) is 2. The zero-order valence-corrected chi connectivity index (χ0v) is 9.17. The Morgan fingerprint density at radius 2 is 1.93 bits per heavy atom. The smallest absolute Gasteiger partial charge is 0.222 e. The number of primary amides is 1. The fourth-order valence-electron chi connectivity index (χ4n) is 4.42. The lowest BCUT2D eigenvalue weighted by atomic mass is 9.64. The fraction of sp³-hybridized carbons (Fsp3) is 0.917. The molecule has 0 aromatic rings. The second-order valence-electron chi connectivity index (χ2n) is 5.90. The van der Waals surface area contributed by atoms with Gasteiger partial charge in [-0.05, 0) is 36.5 Å². The number of nitrogens with two attached hydrogens (primary N) is 1. The molecule has 1 spiro atoms. The van der Waals surface area contributed by atoms with E-state index in [-0.39, 0.29) is 17.2 Å². The van der Waals surface area contributed by atoms with Crippen LogP contribution in [0.4, 0.5) is 0 Å². The molecule has 3 nitrogen and oxygen atoms in total. The molecule has 3 unspecified atom stereocenters. The molecule has 3 N–H and O–H groups in total. The first-order valence-electron chi connectivity index (χ1n) is 6.20. The highest BCUT2D eigenvalue weighted by Crippen LogP contribution is 2.54. The van der Waals surface area contributed by atoms with Crippen LogP contribution in [0.25, 0.3) is 0 Å².